The van der Waals surface area contributed by atoms with Gasteiger partial charge in [-0.25, -0.2) is 0 Å². The van der Waals surface area contributed by atoms with Gasteiger partial charge in [0.15, 0.2) is 0 Å². The number of hydrogen-bond acceptors (Lipinski definition) is 2. The highest BCUT2D eigenvalue weighted by atomic mass is 32.2. The fraction of sp³-hybridized carbons (Fsp3) is 0.714. The number of phenols is 1. The average Bonchev–Trinajstić information content (AvgIpc) is 2.48. The standard InChI is InChI=1S/C21H38OSSi/c1-10-24(11-2,12-3)15-23-16-13-17(20(4,5)6)19(22)18(14-16)21(7,8)9/h13-14,22H,10-12,15H2,1-9H3. The zero-order valence-electron chi connectivity index (χ0n) is 17.3. The molecule has 1 N–H and O–H groups in total. The summed E-state index contributed by atoms with van der Waals surface area (Å²) in [5, 5.41) is 12.1. The first-order chi connectivity index (χ1) is 10.9. The number of benzene rings is 1. The van der Waals surface area contributed by atoms with E-state index in [1.54, 1.807) is 0 Å². The van der Waals surface area contributed by atoms with E-state index in [1.807, 2.05) is 11.8 Å². The Labute approximate surface area is 155 Å². The van der Waals surface area contributed by atoms with Gasteiger partial charge in [0.2, 0.25) is 0 Å². The van der Waals surface area contributed by atoms with Gasteiger partial charge in [0.1, 0.15) is 5.75 Å². The predicted octanol–water partition coefficient (Wildman–Crippen LogP) is 7.13. The van der Waals surface area contributed by atoms with E-state index in [1.165, 1.54) is 28.4 Å². The molecule has 0 aromatic heterocycles. The molecule has 0 aliphatic heterocycles. The van der Waals surface area contributed by atoms with E-state index < -0.39 is 8.07 Å². The van der Waals surface area contributed by atoms with E-state index in [-0.39, 0.29) is 10.8 Å². The summed E-state index contributed by atoms with van der Waals surface area (Å²) in [6.45, 7) is 20.2. The molecule has 24 heavy (non-hydrogen) atoms. The Morgan fingerprint density at radius 3 is 1.50 bits per heavy atom. The van der Waals surface area contributed by atoms with E-state index in [0.29, 0.717) is 5.75 Å². The van der Waals surface area contributed by atoms with Crippen molar-refractivity contribution in [2.75, 3.05) is 5.38 Å². The Morgan fingerprint density at radius 1 is 0.833 bits per heavy atom. The smallest absolute Gasteiger partial charge is 0.123 e. The monoisotopic (exact) mass is 366 g/mol. The van der Waals surface area contributed by atoms with Crippen molar-refractivity contribution in [2.24, 2.45) is 0 Å². The van der Waals surface area contributed by atoms with Gasteiger partial charge in [-0.15, -0.1) is 11.8 Å². The first-order valence-electron chi connectivity index (χ1n) is 9.41. The first kappa shape index (κ1) is 21.6. The zero-order chi connectivity index (χ0) is 18.8. The van der Waals surface area contributed by atoms with Crippen LogP contribution in [0.25, 0.3) is 0 Å². The molecule has 0 spiro atoms. The van der Waals surface area contributed by atoms with Crippen LogP contribution in [0, 0.1) is 0 Å². The summed E-state index contributed by atoms with van der Waals surface area (Å²) in [6.07, 6.45) is 0. The first-order valence-corrected chi connectivity index (χ1v) is 13.2. The Balaban J connectivity index is 3.30. The van der Waals surface area contributed by atoms with Gasteiger partial charge < -0.3 is 5.11 Å². The molecule has 1 nitrogen and oxygen atoms in total. The molecule has 138 valence electrons. The molecule has 0 atom stereocenters. The molecule has 1 rings (SSSR count). The summed E-state index contributed by atoms with van der Waals surface area (Å²) < 4.78 is 0. The van der Waals surface area contributed by atoms with Gasteiger partial charge >= 0.3 is 0 Å². The number of thioether (sulfide) groups is 1. The number of rotatable bonds is 6. The molecule has 0 aliphatic rings. The van der Waals surface area contributed by atoms with Gasteiger partial charge in [0.05, 0.1) is 8.07 Å². The molecule has 0 fully saturated rings. The lowest BCUT2D eigenvalue weighted by Crippen LogP contribution is -2.35. The summed E-state index contributed by atoms with van der Waals surface area (Å²) in [7, 11) is -1.14. The largest absolute Gasteiger partial charge is 0.507 e. The minimum Gasteiger partial charge on any atom is -0.507 e. The SMILES string of the molecule is CC[Si](CC)(CC)CSc1cc(C(C)(C)C)c(O)c(C(C)(C)C)c1. The second-order valence-electron chi connectivity index (χ2n) is 9.22. The lowest BCUT2D eigenvalue weighted by molar-refractivity contribution is 0.422. The van der Waals surface area contributed by atoms with Crippen LogP contribution in [0.15, 0.2) is 17.0 Å². The maximum atomic E-state index is 10.9. The van der Waals surface area contributed by atoms with Crippen molar-refractivity contribution in [3.63, 3.8) is 0 Å². The third kappa shape index (κ3) is 5.04. The molecule has 1 aromatic rings. The van der Waals surface area contributed by atoms with E-state index in [4.69, 9.17) is 0 Å². The Hall–Kier alpha value is -0.413. The van der Waals surface area contributed by atoms with E-state index in [0.717, 1.165) is 11.1 Å². The van der Waals surface area contributed by atoms with Gasteiger partial charge in [-0.3, -0.25) is 0 Å². The molecule has 0 unspecified atom stereocenters. The minimum atomic E-state index is -1.14. The molecule has 0 saturated carbocycles. The number of hydrogen-bond donors (Lipinski definition) is 1. The predicted molar refractivity (Wildman–Crippen MR) is 113 cm³/mol. The summed E-state index contributed by atoms with van der Waals surface area (Å²) in [4.78, 5) is 1.33. The molecule has 0 saturated heterocycles. The van der Waals surface area contributed by atoms with E-state index in [2.05, 4.69) is 74.4 Å². The fourth-order valence-electron chi connectivity index (χ4n) is 3.13. The van der Waals surface area contributed by atoms with Crippen molar-refractivity contribution in [2.45, 2.75) is 96.2 Å². The van der Waals surface area contributed by atoms with Crippen molar-refractivity contribution in [1.82, 2.24) is 0 Å². The molecule has 0 radical (unpaired) electrons. The Morgan fingerprint density at radius 2 is 1.21 bits per heavy atom. The molecular formula is C21H38OSSi. The van der Waals surface area contributed by atoms with Crippen molar-refractivity contribution < 1.29 is 5.11 Å². The lowest BCUT2D eigenvalue weighted by atomic mass is 9.79. The van der Waals surface area contributed by atoms with Crippen LogP contribution in [0.1, 0.15) is 73.4 Å². The highest BCUT2D eigenvalue weighted by Crippen LogP contribution is 2.42. The molecular weight excluding hydrogens is 328 g/mol. The molecule has 0 aliphatic carbocycles. The second kappa shape index (κ2) is 7.86. The normalized spacial score (nSPS) is 13.4. The van der Waals surface area contributed by atoms with Crippen LogP contribution >= 0.6 is 11.8 Å². The van der Waals surface area contributed by atoms with Crippen molar-refractivity contribution in [3.8, 4) is 5.75 Å². The number of aromatic hydroxyl groups is 1. The van der Waals surface area contributed by atoms with Crippen molar-refractivity contribution in [1.29, 1.82) is 0 Å². The Kier molecular flexibility index (Phi) is 7.09. The van der Waals surface area contributed by atoms with Crippen LogP contribution in [0.4, 0.5) is 0 Å². The average molecular weight is 367 g/mol. The topological polar surface area (TPSA) is 20.2 Å². The molecule has 0 bridgehead atoms. The van der Waals surface area contributed by atoms with Gasteiger partial charge in [0.25, 0.3) is 0 Å². The minimum absolute atomic E-state index is 0.0462. The van der Waals surface area contributed by atoms with Crippen LogP contribution < -0.4 is 0 Å². The maximum Gasteiger partial charge on any atom is 0.123 e. The Bertz CT molecular complexity index is 505. The van der Waals surface area contributed by atoms with Crippen LogP contribution in [0.2, 0.25) is 18.1 Å². The molecule has 0 heterocycles. The fourth-order valence-corrected chi connectivity index (χ4v) is 9.37. The van der Waals surface area contributed by atoms with Crippen LogP contribution in [-0.2, 0) is 10.8 Å². The second-order valence-corrected chi connectivity index (χ2v) is 16.3. The van der Waals surface area contributed by atoms with Crippen molar-refractivity contribution >= 4 is 19.8 Å². The van der Waals surface area contributed by atoms with Gasteiger partial charge in [0, 0.05) is 16.0 Å². The third-order valence-electron chi connectivity index (χ3n) is 5.49. The summed E-state index contributed by atoms with van der Waals surface area (Å²) in [5.74, 6) is 0.490. The third-order valence-corrected chi connectivity index (χ3v) is 13.6. The van der Waals surface area contributed by atoms with Gasteiger partial charge in [-0.05, 0) is 28.3 Å². The molecule has 1 aromatic carbocycles. The highest BCUT2D eigenvalue weighted by Gasteiger charge is 2.29. The highest BCUT2D eigenvalue weighted by molar-refractivity contribution is 8.01. The van der Waals surface area contributed by atoms with Gasteiger partial charge in [-0.2, -0.15) is 0 Å². The maximum absolute atomic E-state index is 10.9. The van der Waals surface area contributed by atoms with Crippen LogP contribution in [0.5, 0.6) is 5.75 Å². The van der Waals surface area contributed by atoms with Gasteiger partial charge in [-0.1, -0.05) is 80.4 Å². The van der Waals surface area contributed by atoms with Crippen LogP contribution in [-0.4, -0.2) is 18.6 Å². The lowest BCUT2D eigenvalue weighted by Gasteiger charge is -2.30. The zero-order valence-corrected chi connectivity index (χ0v) is 19.2. The van der Waals surface area contributed by atoms with E-state index >= 15 is 0 Å². The summed E-state index contributed by atoms with van der Waals surface area (Å²) in [5.41, 5.74) is 2.06. The van der Waals surface area contributed by atoms with E-state index in [9.17, 15) is 5.11 Å². The van der Waals surface area contributed by atoms with Crippen LogP contribution in [0.3, 0.4) is 0 Å². The quantitative estimate of drug-likeness (QED) is 0.427. The van der Waals surface area contributed by atoms with Crippen molar-refractivity contribution in [3.05, 3.63) is 23.3 Å². The molecule has 3 heteroatoms. The summed E-state index contributed by atoms with van der Waals surface area (Å²) >= 11 is 2.02. The number of phenolic OH excluding ortho intramolecular Hbond substituents is 1. The molecule has 0 amide bonds. The summed E-state index contributed by atoms with van der Waals surface area (Å²) in [6, 6.07) is 8.56.